The molecule has 22 heavy (non-hydrogen) atoms. The summed E-state index contributed by atoms with van der Waals surface area (Å²) >= 11 is 0. The van der Waals surface area contributed by atoms with Crippen LogP contribution < -0.4 is 0 Å². The van der Waals surface area contributed by atoms with Gasteiger partial charge in [0, 0.05) is 5.92 Å². The molecule has 128 valence electrons. The van der Waals surface area contributed by atoms with Crippen LogP contribution in [0.5, 0.6) is 0 Å². The number of rotatable bonds is 5. The number of carbonyl (C=O) groups excluding carboxylic acids is 3. The van der Waals surface area contributed by atoms with Crippen molar-refractivity contribution in [3.63, 3.8) is 0 Å². The zero-order chi connectivity index (χ0) is 17.7. The molecule has 0 aromatic rings. The summed E-state index contributed by atoms with van der Waals surface area (Å²) in [5, 5.41) is 0. The molecule has 0 aromatic heterocycles. The van der Waals surface area contributed by atoms with E-state index < -0.39 is 23.1 Å². The first kappa shape index (κ1) is 20.4. The van der Waals surface area contributed by atoms with Crippen LogP contribution >= 0.6 is 0 Å². The van der Waals surface area contributed by atoms with Crippen molar-refractivity contribution in [1.29, 1.82) is 0 Å². The Labute approximate surface area is 133 Å². The molecule has 0 spiro atoms. The van der Waals surface area contributed by atoms with Gasteiger partial charge in [0.1, 0.15) is 24.3 Å². The molecule has 0 radical (unpaired) electrons. The van der Waals surface area contributed by atoms with Gasteiger partial charge in [0.15, 0.2) is 0 Å². The predicted octanol–water partition coefficient (Wildman–Crippen LogP) is 2.15. The van der Waals surface area contributed by atoms with Gasteiger partial charge in [-0.25, -0.2) is 0 Å². The molecule has 0 aliphatic carbocycles. The maximum atomic E-state index is 12.2. The van der Waals surface area contributed by atoms with Crippen molar-refractivity contribution in [2.75, 3.05) is 13.1 Å². The van der Waals surface area contributed by atoms with Crippen molar-refractivity contribution in [3.05, 3.63) is 0 Å². The molecule has 0 saturated carbocycles. The molecule has 0 fully saturated rings. The normalized spacial score (nSPS) is 12.0. The fourth-order valence-corrected chi connectivity index (χ4v) is 1.64. The van der Waals surface area contributed by atoms with E-state index in [4.69, 9.17) is 9.47 Å². The zero-order valence-corrected chi connectivity index (χ0v) is 15.0. The van der Waals surface area contributed by atoms with Crippen molar-refractivity contribution in [3.8, 4) is 0 Å². The SMILES string of the molecule is CC(C)C(=O)N(CC(=O)OC(C)(C)C)CC(=O)OC(C)(C)C. The fraction of sp³-hybridized carbons (Fsp3) is 0.812. The monoisotopic (exact) mass is 315 g/mol. The molecule has 0 aliphatic heterocycles. The Bertz CT molecular complexity index is 385. The van der Waals surface area contributed by atoms with Crippen LogP contribution in [0.15, 0.2) is 0 Å². The van der Waals surface area contributed by atoms with E-state index in [2.05, 4.69) is 0 Å². The quantitative estimate of drug-likeness (QED) is 0.727. The van der Waals surface area contributed by atoms with Gasteiger partial charge in [-0.15, -0.1) is 0 Å². The zero-order valence-electron chi connectivity index (χ0n) is 15.0. The third kappa shape index (κ3) is 9.37. The maximum absolute atomic E-state index is 12.2. The summed E-state index contributed by atoms with van der Waals surface area (Å²) in [4.78, 5) is 37.1. The Morgan fingerprint density at radius 1 is 0.818 bits per heavy atom. The second-order valence-electron chi connectivity index (χ2n) is 7.52. The first-order valence-electron chi connectivity index (χ1n) is 7.44. The van der Waals surface area contributed by atoms with Crippen LogP contribution in [0.2, 0.25) is 0 Å². The average molecular weight is 315 g/mol. The van der Waals surface area contributed by atoms with Gasteiger partial charge in [-0.2, -0.15) is 0 Å². The van der Waals surface area contributed by atoms with Gasteiger partial charge in [-0.1, -0.05) is 13.8 Å². The Morgan fingerprint density at radius 3 is 1.36 bits per heavy atom. The van der Waals surface area contributed by atoms with Crippen molar-refractivity contribution in [1.82, 2.24) is 4.90 Å². The average Bonchev–Trinajstić information content (AvgIpc) is 2.21. The van der Waals surface area contributed by atoms with Gasteiger partial charge in [0.25, 0.3) is 0 Å². The van der Waals surface area contributed by atoms with Gasteiger partial charge in [0.05, 0.1) is 0 Å². The summed E-state index contributed by atoms with van der Waals surface area (Å²) in [5.74, 6) is -1.73. The minimum atomic E-state index is -0.643. The van der Waals surface area contributed by atoms with Gasteiger partial charge in [-0.05, 0) is 41.5 Å². The van der Waals surface area contributed by atoms with Crippen molar-refractivity contribution < 1.29 is 23.9 Å². The van der Waals surface area contributed by atoms with E-state index in [1.807, 2.05) is 0 Å². The molecule has 0 saturated heterocycles. The minimum absolute atomic E-state index is 0.270. The second kappa shape index (κ2) is 7.61. The molecule has 0 heterocycles. The lowest BCUT2D eigenvalue weighted by Crippen LogP contribution is -2.44. The summed E-state index contributed by atoms with van der Waals surface area (Å²) in [6.45, 7) is 13.3. The minimum Gasteiger partial charge on any atom is -0.459 e. The molecule has 0 rings (SSSR count). The highest BCUT2D eigenvalue weighted by Gasteiger charge is 2.27. The molecule has 1 amide bonds. The second-order valence-corrected chi connectivity index (χ2v) is 7.52. The predicted molar refractivity (Wildman–Crippen MR) is 83.1 cm³/mol. The molecule has 0 atom stereocenters. The highest BCUT2D eigenvalue weighted by atomic mass is 16.6. The number of hydrogen-bond donors (Lipinski definition) is 0. The van der Waals surface area contributed by atoms with Crippen LogP contribution in [0, 0.1) is 5.92 Å². The van der Waals surface area contributed by atoms with Crippen LogP contribution in [-0.2, 0) is 23.9 Å². The maximum Gasteiger partial charge on any atom is 0.326 e. The van der Waals surface area contributed by atoms with E-state index in [0.29, 0.717) is 0 Å². The third-order valence-corrected chi connectivity index (χ3v) is 2.29. The van der Waals surface area contributed by atoms with Crippen LogP contribution in [0.3, 0.4) is 0 Å². The first-order chi connectivity index (χ1) is 9.71. The molecular formula is C16H29NO5. The Balaban J connectivity index is 4.89. The van der Waals surface area contributed by atoms with Crippen LogP contribution in [0.4, 0.5) is 0 Å². The number of nitrogens with zero attached hydrogens (tertiary/aromatic N) is 1. The summed E-state index contributed by atoms with van der Waals surface area (Å²) < 4.78 is 10.4. The number of amides is 1. The highest BCUT2D eigenvalue weighted by Crippen LogP contribution is 2.11. The number of ether oxygens (including phenoxy) is 2. The number of esters is 2. The molecule has 6 nitrogen and oxygen atoms in total. The van der Waals surface area contributed by atoms with Crippen molar-refractivity contribution in [2.45, 2.75) is 66.6 Å². The van der Waals surface area contributed by atoms with E-state index in [1.165, 1.54) is 4.90 Å². The lowest BCUT2D eigenvalue weighted by molar-refractivity contribution is -0.164. The smallest absolute Gasteiger partial charge is 0.326 e. The van der Waals surface area contributed by atoms with Crippen LogP contribution in [-0.4, -0.2) is 47.0 Å². The molecule has 0 unspecified atom stereocenters. The molecule has 0 N–H and O–H groups in total. The molecule has 0 aliphatic rings. The molecular weight excluding hydrogens is 286 g/mol. The Hall–Kier alpha value is -1.59. The third-order valence-electron chi connectivity index (χ3n) is 2.29. The molecule has 0 bridgehead atoms. The fourth-order valence-electron chi connectivity index (χ4n) is 1.64. The Morgan fingerprint density at radius 2 is 1.14 bits per heavy atom. The standard InChI is InChI=1S/C16H29NO5/c1-11(2)14(20)17(9-12(18)21-15(3,4)5)10-13(19)22-16(6,7)8/h11H,9-10H2,1-8H3. The van der Waals surface area contributed by atoms with E-state index in [1.54, 1.807) is 55.4 Å². The van der Waals surface area contributed by atoms with Gasteiger partial charge in [-0.3, -0.25) is 14.4 Å². The highest BCUT2D eigenvalue weighted by molar-refractivity contribution is 5.87. The largest absolute Gasteiger partial charge is 0.459 e. The van der Waals surface area contributed by atoms with E-state index in [0.717, 1.165) is 0 Å². The van der Waals surface area contributed by atoms with Gasteiger partial charge in [0.2, 0.25) is 5.91 Å². The van der Waals surface area contributed by atoms with Gasteiger partial charge < -0.3 is 14.4 Å². The number of carbonyl (C=O) groups is 3. The Kier molecular flexibility index (Phi) is 7.06. The lowest BCUT2D eigenvalue weighted by atomic mass is 10.2. The summed E-state index contributed by atoms with van der Waals surface area (Å²) in [6, 6.07) is 0. The topological polar surface area (TPSA) is 72.9 Å². The number of hydrogen-bond acceptors (Lipinski definition) is 5. The van der Waals surface area contributed by atoms with Gasteiger partial charge >= 0.3 is 11.9 Å². The first-order valence-corrected chi connectivity index (χ1v) is 7.44. The van der Waals surface area contributed by atoms with E-state index >= 15 is 0 Å². The van der Waals surface area contributed by atoms with Crippen molar-refractivity contribution >= 4 is 17.8 Å². The van der Waals surface area contributed by atoms with Crippen LogP contribution in [0.1, 0.15) is 55.4 Å². The van der Waals surface area contributed by atoms with E-state index in [-0.39, 0.29) is 24.9 Å². The summed E-state index contributed by atoms with van der Waals surface area (Å²) in [5.41, 5.74) is -1.29. The van der Waals surface area contributed by atoms with E-state index in [9.17, 15) is 14.4 Å². The van der Waals surface area contributed by atoms with Crippen molar-refractivity contribution in [2.24, 2.45) is 5.92 Å². The molecule has 0 aromatic carbocycles. The summed E-state index contributed by atoms with van der Waals surface area (Å²) in [6.07, 6.45) is 0. The lowest BCUT2D eigenvalue weighted by Gasteiger charge is -2.27. The summed E-state index contributed by atoms with van der Waals surface area (Å²) in [7, 11) is 0. The van der Waals surface area contributed by atoms with Crippen LogP contribution in [0.25, 0.3) is 0 Å². The molecule has 6 heteroatoms.